The number of nitrogen functional groups attached to an aromatic ring is 1. The Labute approximate surface area is 107 Å². The Hall–Kier alpha value is -1.67. The van der Waals surface area contributed by atoms with Gasteiger partial charge in [0.25, 0.3) is 0 Å². The highest BCUT2D eigenvalue weighted by molar-refractivity contribution is 5.42. The zero-order valence-corrected chi connectivity index (χ0v) is 11.2. The second kappa shape index (κ2) is 6.31. The molecule has 0 saturated carbocycles. The topological polar surface area (TPSA) is 112 Å². The normalized spacial score (nSPS) is 13.9. The van der Waals surface area contributed by atoms with Crippen molar-refractivity contribution in [1.82, 2.24) is 15.0 Å². The van der Waals surface area contributed by atoms with Crippen LogP contribution in [-0.2, 0) is 0 Å². The summed E-state index contributed by atoms with van der Waals surface area (Å²) < 4.78 is 0. The van der Waals surface area contributed by atoms with E-state index in [1.54, 1.807) is 4.90 Å². The molecule has 5 N–H and O–H groups in total. The van der Waals surface area contributed by atoms with Crippen LogP contribution in [0.25, 0.3) is 0 Å². The Morgan fingerprint density at radius 3 is 2.33 bits per heavy atom. The van der Waals surface area contributed by atoms with Crippen LogP contribution < -0.4 is 21.5 Å². The Morgan fingerprint density at radius 1 is 1.22 bits per heavy atom. The van der Waals surface area contributed by atoms with Gasteiger partial charge in [0.05, 0.1) is 0 Å². The van der Waals surface area contributed by atoms with Crippen molar-refractivity contribution >= 4 is 17.8 Å². The van der Waals surface area contributed by atoms with Crippen LogP contribution in [0.5, 0.6) is 0 Å². The number of anilines is 3. The minimum atomic E-state index is 0.0398. The summed E-state index contributed by atoms with van der Waals surface area (Å²) in [5.41, 5.74) is 2.40. The average molecular weight is 255 g/mol. The van der Waals surface area contributed by atoms with Crippen molar-refractivity contribution in [2.24, 2.45) is 11.8 Å². The molecule has 0 radical (unpaired) electrons. The van der Waals surface area contributed by atoms with Crippen LogP contribution in [0.1, 0.15) is 13.8 Å². The number of aliphatic hydroxyl groups is 1. The van der Waals surface area contributed by atoms with Gasteiger partial charge in [-0.05, 0) is 12.8 Å². The number of hydrogen-bond acceptors (Lipinski definition) is 8. The first-order chi connectivity index (χ1) is 8.47. The fourth-order valence-corrected chi connectivity index (χ4v) is 1.20. The number of nitrogens with two attached hydrogens (primary N) is 1. The van der Waals surface area contributed by atoms with Crippen molar-refractivity contribution in [3.63, 3.8) is 0 Å². The molecular formula is C10H21N7O. The molecule has 0 spiro atoms. The fourth-order valence-electron chi connectivity index (χ4n) is 1.20. The molecule has 1 aromatic heterocycles. The highest BCUT2D eigenvalue weighted by Gasteiger charge is 2.14. The molecule has 0 saturated heterocycles. The minimum Gasteiger partial charge on any atom is -0.396 e. The molecule has 8 heteroatoms. The van der Waals surface area contributed by atoms with Crippen LogP contribution >= 0.6 is 0 Å². The van der Waals surface area contributed by atoms with E-state index in [1.165, 1.54) is 0 Å². The predicted octanol–water partition coefficient (Wildman–Crippen LogP) is -0.348. The molecule has 1 heterocycles. The third-order valence-electron chi connectivity index (χ3n) is 2.65. The van der Waals surface area contributed by atoms with E-state index in [2.05, 4.69) is 25.7 Å². The monoisotopic (exact) mass is 255 g/mol. The van der Waals surface area contributed by atoms with E-state index in [0.29, 0.717) is 17.8 Å². The molecule has 0 fully saturated rings. The summed E-state index contributed by atoms with van der Waals surface area (Å²) in [7, 11) is 3.67. The minimum absolute atomic E-state index is 0.0398. The smallest absolute Gasteiger partial charge is 0.243 e. The number of rotatable bonds is 6. The van der Waals surface area contributed by atoms with Gasteiger partial charge >= 0.3 is 0 Å². The van der Waals surface area contributed by atoms with Crippen molar-refractivity contribution in [1.29, 1.82) is 0 Å². The maximum absolute atomic E-state index is 9.09. The molecular weight excluding hydrogens is 234 g/mol. The number of hydrogen-bond donors (Lipinski definition) is 4. The van der Waals surface area contributed by atoms with Crippen LogP contribution in [-0.4, -0.2) is 46.8 Å². The summed E-state index contributed by atoms with van der Waals surface area (Å²) in [5.74, 6) is 6.63. The SMILES string of the molecule is CC(CO)C(C)Nc1nc(NN)nc(N(C)C)n1. The second-order valence-corrected chi connectivity index (χ2v) is 4.41. The summed E-state index contributed by atoms with van der Waals surface area (Å²) in [6, 6.07) is 0.0398. The Bertz CT molecular complexity index is 384. The van der Waals surface area contributed by atoms with Crippen LogP contribution in [0.15, 0.2) is 0 Å². The molecule has 2 unspecified atom stereocenters. The van der Waals surface area contributed by atoms with E-state index in [1.807, 2.05) is 27.9 Å². The molecule has 1 rings (SSSR count). The first-order valence-electron chi connectivity index (χ1n) is 5.75. The van der Waals surface area contributed by atoms with E-state index in [4.69, 9.17) is 10.9 Å². The first-order valence-corrected chi connectivity index (χ1v) is 5.75. The number of aromatic nitrogens is 3. The third kappa shape index (κ3) is 3.67. The van der Waals surface area contributed by atoms with Gasteiger partial charge in [-0.2, -0.15) is 15.0 Å². The summed E-state index contributed by atoms with van der Waals surface area (Å²) >= 11 is 0. The molecule has 0 aliphatic carbocycles. The molecule has 18 heavy (non-hydrogen) atoms. The molecule has 0 bridgehead atoms. The molecule has 1 aromatic rings. The Morgan fingerprint density at radius 2 is 1.83 bits per heavy atom. The van der Waals surface area contributed by atoms with Gasteiger partial charge < -0.3 is 15.3 Å². The molecule has 2 atom stereocenters. The van der Waals surface area contributed by atoms with Crippen molar-refractivity contribution in [3.8, 4) is 0 Å². The molecule has 8 nitrogen and oxygen atoms in total. The molecule has 0 aliphatic heterocycles. The summed E-state index contributed by atoms with van der Waals surface area (Å²) in [6.45, 7) is 3.99. The van der Waals surface area contributed by atoms with Gasteiger partial charge in [-0.1, -0.05) is 6.92 Å². The van der Waals surface area contributed by atoms with Gasteiger partial charge in [0.1, 0.15) is 0 Å². The standard InChI is InChI=1S/C10H21N7O/c1-6(5-18)7(2)12-8-13-9(16-11)15-10(14-8)17(3)4/h6-7,18H,5,11H2,1-4H3,(H2,12,13,14,15,16). The lowest BCUT2D eigenvalue weighted by atomic mass is 10.1. The highest BCUT2D eigenvalue weighted by Crippen LogP contribution is 2.13. The van der Waals surface area contributed by atoms with Gasteiger partial charge in [-0.3, -0.25) is 5.43 Å². The van der Waals surface area contributed by atoms with Gasteiger partial charge in [-0.25, -0.2) is 5.84 Å². The average Bonchev–Trinajstić information content (AvgIpc) is 2.36. The van der Waals surface area contributed by atoms with Crippen LogP contribution in [0.3, 0.4) is 0 Å². The number of nitrogens with zero attached hydrogens (tertiary/aromatic N) is 4. The quantitative estimate of drug-likeness (QED) is 0.403. The van der Waals surface area contributed by atoms with Crippen molar-refractivity contribution < 1.29 is 5.11 Å². The Balaban J connectivity index is 2.91. The maximum atomic E-state index is 9.09. The van der Waals surface area contributed by atoms with Crippen molar-refractivity contribution in [3.05, 3.63) is 0 Å². The maximum Gasteiger partial charge on any atom is 0.243 e. The third-order valence-corrected chi connectivity index (χ3v) is 2.65. The zero-order chi connectivity index (χ0) is 13.7. The van der Waals surface area contributed by atoms with Crippen LogP contribution in [0, 0.1) is 5.92 Å². The molecule has 0 aromatic carbocycles. The molecule has 102 valence electrons. The van der Waals surface area contributed by atoms with E-state index >= 15 is 0 Å². The lowest BCUT2D eigenvalue weighted by molar-refractivity contribution is 0.226. The van der Waals surface area contributed by atoms with Gasteiger partial charge in [0.15, 0.2) is 0 Å². The highest BCUT2D eigenvalue weighted by atomic mass is 16.3. The van der Waals surface area contributed by atoms with Gasteiger partial charge in [-0.15, -0.1) is 0 Å². The number of aliphatic hydroxyl groups excluding tert-OH is 1. The molecule has 0 amide bonds. The number of hydrazine groups is 1. The first kappa shape index (κ1) is 14.4. The van der Waals surface area contributed by atoms with Crippen molar-refractivity contribution in [2.75, 3.05) is 36.3 Å². The summed E-state index contributed by atoms with van der Waals surface area (Å²) in [5, 5.41) is 12.2. The van der Waals surface area contributed by atoms with E-state index in [0.717, 1.165) is 0 Å². The van der Waals surface area contributed by atoms with E-state index in [9.17, 15) is 0 Å². The van der Waals surface area contributed by atoms with Gasteiger partial charge in [0, 0.05) is 26.7 Å². The van der Waals surface area contributed by atoms with Crippen LogP contribution in [0.2, 0.25) is 0 Å². The molecule has 0 aliphatic rings. The van der Waals surface area contributed by atoms with E-state index < -0.39 is 0 Å². The van der Waals surface area contributed by atoms with Crippen molar-refractivity contribution in [2.45, 2.75) is 19.9 Å². The van der Waals surface area contributed by atoms with Gasteiger partial charge in [0.2, 0.25) is 17.8 Å². The lowest BCUT2D eigenvalue weighted by Gasteiger charge is -2.20. The Kier molecular flexibility index (Phi) is 5.05. The largest absolute Gasteiger partial charge is 0.396 e. The predicted molar refractivity (Wildman–Crippen MR) is 71.3 cm³/mol. The number of nitrogens with one attached hydrogen (secondary N) is 2. The van der Waals surface area contributed by atoms with Crippen LogP contribution in [0.4, 0.5) is 17.8 Å². The zero-order valence-electron chi connectivity index (χ0n) is 11.2. The fraction of sp³-hybridized carbons (Fsp3) is 0.700. The van der Waals surface area contributed by atoms with E-state index in [-0.39, 0.29) is 18.6 Å². The second-order valence-electron chi connectivity index (χ2n) is 4.41. The summed E-state index contributed by atoms with van der Waals surface area (Å²) in [4.78, 5) is 14.2. The summed E-state index contributed by atoms with van der Waals surface area (Å²) in [6.07, 6.45) is 0. The lowest BCUT2D eigenvalue weighted by Crippen LogP contribution is -2.28.